The topological polar surface area (TPSA) is 80.3 Å². The highest BCUT2D eigenvalue weighted by molar-refractivity contribution is 6.00. The molecule has 0 saturated carbocycles. The van der Waals surface area contributed by atoms with E-state index in [0.29, 0.717) is 12.1 Å². The van der Waals surface area contributed by atoms with Crippen molar-refractivity contribution in [2.45, 2.75) is 25.8 Å². The summed E-state index contributed by atoms with van der Waals surface area (Å²) in [7, 11) is 0. The Morgan fingerprint density at radius 1 is 1.50 bits per heavy atom. The first-order valence-electron chi connectivity index (χ1n) is 6.63. The van der Waals surface area contributed by atoms with Crippen molar-refractivity contribution >= 4 is 23.0 Å². The van der Waals surface area contributed by atoms with Crippen LogP contribution in [0.4, 0.5) is 17.1 Å². The summed E-state index contributed by atoms with van der Waals surface area (Å²) in [5, 5.41) is 6.19. The number of anilines is 3. The minimum absolute atomic E-state index is 0.0141. The van der Waals surface area contributed by atoms with E-state index in [-0.39, 0.29) is 11.9 Å². The number of hydrogen-bond donors (Lipinski definition) is 3. The summed E-state index contributed by atoms with van der Waals surface area (Å²) in [6.45, 7) is 2.06. The fraction of sp³-hybridized carbons (Fsp3) is 0.267. The van der Waals surface area contributed by atoms with E-state index >= 15 is 0 Å². The maximum Gasteiger partial charge on any atom is 0.228 e. The van der Waals surface area contributed by atoms with Crippen molar-refractivity contribution in [1.29, 1.82) is 0 Å². The Morgan fingerprint density at radius 3 is 3.10 bits per heavy atom. The third-order valence-corrected chi connectivity index (χ3v) is 3.39. The molecular weight excluding hydrogens is 254 g/mol. The van der Waals surface area contributed by atoms with Gasteiger partial charge in [-0.05, 0) is 36.8 Å². The zero-order valence-electron chi connectivity index (χ0n) is 11.3. The standard InChI is InChI=1S/C15H17N3O2/c1-9(5-11-3-2-4-20-11)17-14-8-13-10(6-12(14)16)7-15(19)18-13/h2-4,6,8-9,17H,5,7,16H2,1H3,(H,18,19). The molecule has 2 aromatic rings. The van der Waals surface area contributed by atoms with E-state index in [4.69, 9.17) is 10.2 Å². The molecule has 0 spiro atoms. The summed E-state index contributed by atoms with van der Waals surface area (Å²) < 4.78 is 5.33. The van der Waals surface area contributed by atoms with Crippen LogP contribution in [-0.2, 0) is 17.6 Å². The van der Waals surface area contributed by atoms with Crippen LogP contribution in [0.1, 0.15) is 18.2 Å². The van der Waals surface area contributed by atoms with Crippen molar-refractivity contribution in [3.63, 3.8) is 0 Å². The second-order valence-corrected chi connectivity index (χ2v) is 5.15. The number of rotatable bonds is 4. The van der Waals surface area contributed by atoms with Crippen molar-refractivity contribution in [3.8, 4) is 0 Å². The molecule has 1 aromatic carbocycles. The molecule has 4 N–H and O–H groups in total. The maximum atomic E-state index is 11.4. The van der Waals surface area contributed by atoms with Crippen LogP contribution >= 0.6 is 0 Å². The number of nitrogens with two attached hydrogens (primary N) is 1. The Balaban J connectivity index is 1.74. The van der Waals surface area contributed by atoms with Crippen LogP contribution in [0.2, 0.25) is 0 Å². The van der Waals surface area contributed by atoms with Gasteiger partial charge >= 0.3 is 0 Å². The van der Waals surface area contributed by atoms with Crippen LogP contribution in [0.3, 0.4) is 0 Å². The zero-order valence-corrected chi connectivity index (χ0v) is 11.3. The van der Waals surface area contributed by atoms with Crippen molar-refractivity contribution < 1.29 is 9.21 Å². The molecule has 1 aliphatic rings. The van der Waals surface area contributed by atoms with Crippen molar-refractivity contribution in [2.75, 3.05) is 16.4 Å². The van der Waals surface area contributed by atoms with E-state index in [1.54, 1.807) is 6.26 Å². The highest BCUT2D eigenvalue weighted by Gasteiger charge is 2.19. The van der Waals surface area contributed by atoms with E-state index < -0.39 is 0 Å². The molecule has 1 unspecified atom stereocenters. The number of carbonyl (C=O) groups excluding carboxylic acids is 1. The minimum Gasteiger partial charge on any atom is -0.469 e. The Morgan fingerprint density at radius 2 is 2.35 bits per heavy atom. The van der Waals surface area contributed by atoms with Crippen LogP contribution in [0.25, 0.3) is 0 Å². The normalized spacial score (nSPS) is 14.8. The molecule has 20 heavy (non-hydrogen) atoms. The number of hydrogen-bond acceptors (Lipinski definition) is 4. The Labute approximate surface area is 117 Å². The minimum atomic E-state index is 0.0141. The highest BCUT2D eigenvalue weighted by atomic mass is 16.3. The van der Waals surface area contributed by atoms with Gasteiger partial charge in [-0.15, -0.1) is 0 Å². The number of nitrogen functional groups attached to an aromatic ring is 1. The molecule has 0 bridgehead atoms. The van der Waals surface area contributed by atoms with Gasteiger partial charge < -0.3 is 20.8 Å². The molecule has 0 radical (unpaired) electrons. The van der Waals surface area contributed by atoms with Crippen LogP contribution in [-0.4, -0.2) is 11.9 Å². The van der Waals surface area contributed by atoms with Gasteiger partial charge in [-0.3, -0.25) is 4.79 Å². The molecule has 5 heteroatoms. The molecule has 1 atom stereocenters. The lowest BCUT2D eigenvalue weighted by atomic mass is 10.1. The summed E-state index contributed by atoms with van der Waals surface area (Å²) in [5.41, 5.74) is 9.33. The molecule has 1 amide bonds. The molecule has 104 valence electrons. The lowest BCUT2D eigenvalue weighted by Crippen LogP contribution is -2.18. The summed E-state index contributed by atoms with van der Waals surface area (Å²) in [4.78, 5) is 11.4. The molecular formula is C15H17N3O2. The molecule has 3 rings (SSSR count). The van der Waals surface area contributed by atoms with E-state index in [0.717, 1.165) is 29.1 Å². The lowest BCUT2D eigenvalue weighted by molar-refractivity contribution is -0.115. The van der Waals surface area contributed by atoms with Gasteiger partial charge in [0.25, 0.3) is 0 Å². The monoisotopic (exact) mass is 271 g/mol. The summed E-state index contributed by atoms with van der Waals surface area (Å²) >= 11 is 0. The first-order chi connectivity index (χ1) is 9.61. The Bertz CT molecular complexity index is 635. The number of benzene rings is 1. The molecule has 5 nitrogen and oxygen atoms in total. The average molecular weight is 271 g/mol. The average Bonchev–Trinajstić information content (AvgIpc) is 2.98. The van der Waals surface area contributed by atoms with Crippen molar-refractivity contribution in [2.24, 2.45) is 0 Å². The third-order valence-electron chi connectivity index (χ3n) is 3.39. The largest absolute Gasteiger partial charge is 0.469 e. The highest BCUT2D eigenvalue weighted by Crippen LogP contribution is 2.32. The van der Waals surface area contributed by atoms with Crippen LogP contribution < -0.4 is 16.4 Å². The predicted molar refractivity (Wildman–Crippen MR) is 78.7 cm³/mol. The SMILES string of the molecule is CC(Cc1ccco1)Nc1cc2c(cc1N)CC(=O)N2. The molecule has 0 saturated heterocycles. The molecule has 2 heterocycles. The molecule has 0 fully saturated rings. The van der Waals surface area contributed by atoms with Gasteiger partial charge in [-0.1, -0.05) is 0 Å². The Hall–Kier alpha value is -2.43. The second-order valence-electron chi connectivity index (χ2n) is 5.15. The number of furan rings is 1. The Kier molecular flexibility index (Phi) is 3.10. The number of fused-ring (bicyclic) bond motifs is 1. The van der Waals surface area contributed by atoms with Gasteiger partial charge in [0.15, 0.2) is 0 Å². The fourth-order valence-corrected chi connectivity index (χ4v) is 2.47. The first-order valence-corrected chi connectivity index (χ1v) is 6.63. The van der Waals surface area contributed by atoms with E-state index in [9.17, 15) is 4.79 Å². The van der Waals surface area contributed by atoms with E-state index in [2.05, 4.69) is 17.6 Å². The van der Waals surface area contributed by atoms with Gasteiger partial charge in [0.05, 0.1) is 24.1 Å². The van der Waals surface area contributed by atoms with Gasteiger partial charge in [-0.25, -0.2) is 0 Å². The lowest BCUT2D eigenvalue weighted by Gasteiger charge is -2.17. The summed E-state index contributed by atoms with van der Waals surface area (Å²) in [6.07, 6.45) is 2.85. The molecule has 1 aliphatic heterocycles. The van der Waals surface area contributed by atoms with E-state index in [1.165, 1.54) is 0 Å². The van der Waals surface area contributed by atoms with Crippen molar-refractivity contribution in [1.82, 2.24) is 0 Å². The van der Waals surface area contributed by atoms with Gasteiger partial charge in [0, 0.05) is 18.2 Å². The van der Waals surface area contributed by atoms with Gasteiger partial charge in [-0.2, -0.15) is 0 Å². The number of amides is 1. The predicted octanol–water partition coefficient (Wildman–Crippen LogP) is 2.40. The molecule has 1 aromatic heterocycles. The summed E-state index contributed by atoms with van der Waals surface area (Å²) in [6, 6.07) is 7.76. The van der Waals surface area contributed by atoms with Gasteiger partial charge in [0.2, 0.25) is 5.91 Å². The third kappa shape index (κ3) is 2.47. The summed E-state index contributed by atoms with van der Waals surface area (Å²) in [5.74, 6) is 0.943. The fourth-order valence-electron chi connectivity index (χ4n) is 2.47. The van der Waals surface area contributed by atoms with Crippen LogP contribution in [0.15, 0.2) is 34.9 Å². The first kappa shape index (κ1) is 12.6. The smallest absolute Gasteiger partial charge is 0.228 e. The van der Waals surface area contributed by atoms with Gasteiger partial charge in [0.1, 0.15) is 5.76 Å². The zero-order chi connectivity index (χ0) is 14.1. The quantitative estimate of drug-likeness (QED) is 0.746. The van der Waals surface area contributed by atoms with Crippen LogP contribution in [0.5, 0.6) is 0 Å². The molecule has 0 aliphatic carbocycles. The maximum absolute atomic E-state index is 11.4. The van der Waals surface area contributed by atoms with Crippen molar-refractivity contribution in [3.05, 3.63) is 41.9 Å². The van der Waals surface area contributed by atoms with E-state index in [1.807, 2.05) is 24.3 Å². The number of carbonyl (C=O) groups is 1. The second kappa shape index (κ2) is 4.92. The van der Waals surface area contributed by atoms with Crippen LogP contribution in [0, 0.1) is 0 Å². The number of nitrogens with one attached hydrogen (secondary N) is 2.